The molecule has 4 nitrogen and oxygen atoms in total. The summed E-state index contributed by atoms with van der Waals surface area (Å²) in [7, 11) is 0. The van der Waals surface area contributed by atoms with Crippen molar-refractivity contribution in [3.8, 4) is 0 Å². The number of rotatable bonds is 3. The van der Waals surface area contributed by atoms with Crippen molar-refractivity contribution in [3.63, 3.8) is 0 Å². The van der Waals surface area contributed by atoms with E-state index in [0.717, 1.165) is 23.0 Å². The number of hydrogen-bond donors (Lipinski definition) is 1. The van der Waals surface area contributed by atoms with Crippen LogP contribution in [0.15, 0.2) is 10.7 Å². The first-order valence-corrected chi connectivity index (χ1v) is 6.89. The standard InChI is InChI=1S/C12H18BrN3O/c1-8-11(13)7-16(15-8)9(2)12(17)14-10-5-3-4-6-10/h7,9-10H,3-6H2,1-2H3,(H,14,17). The van der Waals surface area contributed by atoms with Crippen LogP contribution in [-0.2, 0) is 4.79 Å². The number of carbonyl (C=O) groups is 1. The third kappa shape index (κ3) is 2.89. The van der Waals surface area contributed by atoms with Crippen LogP contribution in [0.5, 0.6) is 0 Å². The van der Waals surface area contributed by atoms with Crippen molar-refractivity contribution in [3.05, 3.63) is 16.4 Å². The lowest BCUT2D eigenvalue weighted by atomic mass is 10.2. The van der Waals surface area contributed by atoms with Gasteiger partial charge < -0.3 is 5.32 Å². The lowest BCUT2D eigenvalue weighted by molar-refractivity contribution is -0.124. The molecule has 1 aliphatic carbocycles. The Kier molecular flexibility index (Phi) is 3.86. The number of aryl methyl sites for hydroxylation is 1. The van der Waals surface area contributed by atoms with Gasteiger partial charge in [-0.1, -0.05) is 12.8 Å². The molecule has 1 amide bonds. The van der Waals surface area contributed by atoms with Crippen LogP contribution in [0.2, 0.25) is 0 Å². The summed E-state index contributed by atoms with van der Waals surface area (Å²) in [5, 5.41) is 7.41. The molecule has 0 aliphatic heterocycles. The van der Waals surface area contributed by atoms with Gasteiger partial charge in [-0.2, -0.15) is 5.10 Å². The zero-order valence-electron chi connectivity index (χ0n) is 10.2. The Morgan fingerprint density at radius 3 is 2.76 bits per heavy atom. The molecule has 0 radical (unpaired) electrons. The summed E-state index contributed by atoms with van der Waals surface area (Å²) in [6, 6.07) is 0.116. The van der Waals surface area contributed by atoms with Crippen molar-refractivity contribution in [1.82, 2.24) is 15.1 Å². The fraction of sp³-hybridized carbons (Fsp3) is 0.667. The number of halogens is 1. The molecule has 5 heteroatoms. The normalized spacial score (nSPS) is 18.3. The van der Waals surface area contributed by atoms with Crippen molar-refractivity contribution in [1.29, 1.82) is 0 Å². The van der Waals surface area contributed by atoms with Gasteiger partial charge in [0.15, 0.2) is 0 Å². The molecule has 2 rings (SSSR count). The van der Waals surface area contributed by atoms with E-state index in [1.54, 1.807) is 4.68 Å². The summed E-state index contributed by atoms with van der Waals surface area (Å²) in [6.45, 7) is 3.80. The highest BCUT2D eigenvalue weighted by atomic mass is 79.9. The fourth-order valence-electron chi connectivity index (χ4n) is 2.17. The fourth-order valence-corrected chi connectivity index (χ4v) is 2.46. The van der Waals surface area contributed by atoms with Crippen molar-refractivity contribution >= 4 is 21.8 Å². The summed E-state index contributed by atoms with van der Waals surface area (Å²) in [5.74, 6) is 0.0619. The Hall–Kier alpha value is -0.840. The molecule has 94 valence electrons. The van der Waals surface area contributed by atoms with Gasteiger partial charge in [-0.25, -0.2) is 0 Å². The SMILES string of the molecule is Cc1nn(C(C)C(=O)NC2CCCC2)cc1Br. The van der Waals surface area contributed by atoms with Gasteiger partial charge in [-0.3, -0.25) is 9.48 Å². The van der Waals surface area contributed by atoms with E-state index in [2.05, 4.69) is 26.3 Å². The minimum Gasteiger partial charge on any atom is -0.352 e. The van der Waals surface area contributed by atoms with Crippen LogP contribution in [0.1, 0.15) is 44.3 Å². The zero-order valence-corrected chi connectivity index (χ0v) is 11.8. The predicted octanol–water partition coefficient (Wildman–Crippen LogP) is 2.57. The molecule has 0 saturated heterocycles. The van der Waals surface area contributed by atoms with Gasteiger partial charge in [-0.05, 0) is 42.6 Å². The molecule has 1 aromatic heterocycles. The summed E-state index contributed by atoms with van der Waals surface area (Å²) in [4.78, 5) is 12.0. The van der Waals surface area contributed by atoms with E-state index in [1.165, 1.54) is 12.8 Å². The second kappa shape index (κ2) is 5.21. The largest absolute Gasteiger partial charge is 0.352 e. The molecule has 1 unspecified atom stereocenters. The van der Waals surface area contributed by atoms with Gasteiger partial charge >= 0.3 is 0 Å². The second-order valence-corrected chi connectivity index (χ2v) is 5.56. The van der Waals surface area contributed by atoms with Crippen LogP contribution in [0.3, 0.4) is 0 Å². The Morgan fingerprint density at radius 2 is 2.24 bits per heavy atom. The first kappa shape index (κ1) is 12.6. The minimum absolute atomic E-state index is 0.0619. The van der Waals surface area contributed by atoms with E-state index in [1.807, 2.05) is 20.0 Å². The monoisotopic (exact) mass is 299 g/mol. The van der Waals surface area contributed by atoms with Crippen molar-refractivity contribution in [2.45, 2.75) is 51.6 Å². The quantitative estimate of drug-likeness (QED) is 0.932. The van der Waals surface area contributed by atoms with Crippen LogP contribution in [-0.4, -0.2) is 21.7 Å². The third-order valence-electron chi connectivity index (χ3n) is 3.33. The topological polar surface area (TPSA) is 46.9 Å². The van der Waals surface area contributed by atoms with E-state index in [9.17, 15) is 4.79 Å². The van der Waals surface area contributed by atoms with Crippen molar-refractivity contribution in [2.24, 2.45) is 0 Å². The maximum absolute atomic E-state index is 12.0. The van der Waals surface area contributed by atoms with Crippen LogP contribution in [0.25, 0.3) is 0 Å². The second-order valence-electron chi connectivity index (χ2n) is 4.71. The van der Waals surface area contributed by atoms with Gasteiger partial charge in [0.25, 0.3) is 0 Å². The molecule has 1 fully saturated rings. The smallest absolute Gasteiger partial charge is 0.244 e. The number of amides is 1. The maximum atomic E-state index is 12.0. The number of nitrogens with one attached hydrogen (secondary N) is 1. The molecule has 0 spiro atoms. The maximum Gasteiger partial charge on any atom is 0.244 e. The lowest BCUT2D eigenvalue weighted by Crippen LogP contribution is -2.37. The average molecular weight is 300 g/mol. The summed E-state index contributed by atoms with van der Waals surface area (Å²) in [6.07, 6.45) is 6.53. The number of hydrogen-bond acceptors (Lipinski definition) is 2. The highest BCUT2D eigenvalue weighted by molar-refractivity contribution is 9.10. The summed E-state index contributed by atoms with van der Waals surface area (Å²) in [5.41, 5.74) is 0.908. The Morgan fingerprint density at radius 1 is 1.59 bits per heavy atom. The Labute approximate surface area is 110 Å². The van der Waals surface area contributed by atoms with E-state index in [0.29, 0.717) is 6.04 Å². The van der Waals surface area contributed by atoms with Gasteiger partial charge in [0.05, 0.1) is 10.2 Å². The van der Waals surface area contributed by atoms with Gasteiger partial charge in [0, 0.05) is 12.2 Å². The summed E-state index contributed by atoms with van der Waals surface area (Å²) < 4.78 is 2.65. The molecule has 1 saturated carbocycles. The van der Waals surface area contributed by atoms with E-state index in [4.69, 9.17) is 0 Å². The van der Waals surface area contributed by atoms with E-state index < -0.39 is 0 Å². The van der Waals surface area contributed by atoms with Gasteiger partial charge in [0.2, 0.25) is 5.91 Å². The molecule has 1 aromatic rings. The van der Waals surface area contributed by atoms with Crippen molar-refractivity contribution in [2.75, 3.05) is 0 Å². The Balaban J connectivity index is 1.98. The predicted molar refractivity (Wildman–Crippen MR) is 69.8 cm³/mol. The molecule has 1 aliphatic rings. The lowest BCUT2D eigenvalue weighted by Gasteiger charge is -2.16. The molecule has 0 bridgehead atoms. The Bertz CT molecular complexity index is 390. The van der Waals surface area contributed by atoms with Gasteiger partial charge in [-0.15, -0.1) is 0 Å². The summed E-state index contributed by atoms with van der Waals surface area (Å²) >= 11 is 3.41. The first-order chi connectivity index (χ1) is 8.08. The number of carbonyl (C=O) groups excluding carboxylic acids is 1. The molecular formula is C12H18BrN3O. The molecule has 17 heavy (non-hydrogen) atoms. The highest BCUT2D eigenvalue weighted by Crippen LogP contribution is 2.20. The van der Waals surface area contributed by atoms with Crippen LogP contribution in [0.4, 0.5) is 0 Å². The van der Waals surface area contributed by atoms with E-state index in [-0.39, 0.29) is 11.9 Å². The molecular weight excluding hydrogens is 282 g/mol. The zero-order chi connectivity index (χ0) is 12.4. The van der Waals surface area contributed by atoms with E-state index >= 15 is 0 Å². The molecule has 0 aromatic carbocycles. The number of aromatic nitrogens is 2. The average Bonchev–Trinajstić information content (AvgIpc) is 2.89. The van der Waals surface area contributed by atoms with Crippen LogP contribution < -0.4 is 5.32 Å². The molecule has 1 N–H and O–H groups in total. The van der Waals surface area contributed by atoms with Gasteiger partial charge in [0.1, 0.15) is 6.04 Å². The molecule has 1 heterocycles. The first-order valence-electron chi connectivity index (χ1n) is 6.09. The minimum atomic E-state index is -0.249. The van der Waals surface area contributed by atoms with Crippen LogP contribution >= 0.6 is 15.9 Å². The van der Waals surface area contributed by atoms with Crippen molar-refractivity contribution < 1.29 is 4.79 Å². The third-order valence-corrected chi connectivity index (χ3v) is 4.11. The molecule has 1 atom stereocenters. The number of nitrogens with zero attached hydrogens (tertiary/aromatic N) is 2. The van der Waals surface area contributed by atoms with Crippen LogP contribution in [0, 0.1) is 6.92 Å². The highest BCUT2D eigenvalue weighted by Gasteiger charge is 2.22.